The van der Waals surface area contributed by atoms with Crippen LogP contribution in [0.25, 0.3) is 0 Å². The van der Waals surface area contributed by atoms with Crippen molar-refractivity contribution in [3.63, 3.8) is 0 Å². The van der Waals surface area contributed by atoms with Crippen LogP contribution in [0.3, 0.4) is 0 Å². The summed E-state index contributed by atoms with van der Waals surface area (Å²) in [7, 11) is 3.43. The molecule has 1 N–H and O–H groups in total. The van der Waals surface area contributed by atoms with E-state index in [1.807, 2.05) is 11.8 Å². The van der Waals surface area contributed by atoms with Crippen LogP contribution >= 0.6 is 0 Å². The molecule has 9 heteroatoms. The fourth-order valence-electron chi connectivity index (χ4n) is 3.93. The lowest BCUT2D eigenvalue weighted by Gasteiger charge is -2.45. The van der Waals surface area contributed by atoms with Crippen LogP contribution in [0, 0.1) is 5.82 Å². The van der Waals surface area contributed by atoms with Gasteiger partial charge in [0, 0.05) is 32.4 Å². The van der Waals surface area contributed by atoms with E-state index in [0.717, 1.165) is 0 Å². The molecule has 3 rings (SSSR count). The van der Waals surface area contributed by atoms with Crippen LogP contribution in [-0.2, 0) is 9.53 Å². The predicted octanol–water partition coefficient (Wildman–Crippen LogP) is 2.50. The highest BCUT2D eigenvalue weighted by molar-refractivity contribution is 5.90. The molecule has 3 atom stereocenters. The second-order valence-corrected chi connectivity index (χ2v) is 8.00. The summed E-state index contributed by atoms with van der Waals surface area (Å²) in [6, 6.07) is 4.41. The number of benzene rings is 1. The molecule has 7 nitrogen and oxygen atoms in total. The van der Waals surface area contributed by atoms with Crippen molar-refractivity contribution in [2.45, 2.75) is 44.6 Å². The highest BCUT2D eigenvalue weighted by atomic mass is 19.1. The lowest BCUT2D eigenvalue weighted by atomic mass is 9.94. The zero-order chi connectivity index (χ0) is 21.3. The lowest BCUT2D eigenvalue weighted by Crippen LogP contribution is -2.53. The molecule has 2 saturated heterocycles. The summed E-state index contributed by atoms with van der Waals surface area (Å²) in [5.74, 6) is -2.07. The maximum atomic E-state index is 14.9. The van der Waals surface area contributed by atoms with Gasteiger partial charge >= 0.3 is 6.09 Å². The highest BCUT2D eigenvalue weighted by Gasteiger charge is 2.41. The highest BCUT2D eigenvalue weighted by Crippen LogP contribution is 2.36. The van der Waals surface area contributed by atoms with E-state index in [2.05, 4.69) is 5.32 Å². The summed E-state index contributed by atoms with van der Waals surface area (Å²) in [6.45, 7) is 4.10. The van der Waals surface area contributed by atoms with Crippen molar-refractivity contribution < 1.29 is 23.1 Å². The van der Waals surface area contributed by atoms with Crippen molar-refractivity contribution in [1.29, 1.82) is 0 Å². The molecule has 1 aromatic carbocycles. The Kier molecular flexibility index (Phi) is 5.97. The lowest BCUT2D eigenvalue weighted by molar-refractivity contribution is -0.119. The van der Waals surface area contributed by atoms with Crippen LogP contribution in [-0.4, -0.2) is 68.6 Å². The molecule has 0 spiro atoms. The van der Waals surface area contributed by atoms with Crippen LogP contribution in [0.15, 0.2) is 18.2 Å². The van der Waals surface area contributed by atoms with Crippen molar-refractivity contribution in [1.82, 2.24) is 10.2 Å². The second-order valence-electron chi connectivity index (χ2n) is 8.00. The predicted molar refractivity (Wildman–Crippen MR) is 106 cm³/mol. The number of anilines is 2. The van der Waals surface area contributed by atoms with Gasteiger partial charge in [0.2, 0.25) is 5.91 Å². The van der Waals surface area contributed by atoms with E-state index in [-0.39, 0.29) is 37.9 Å². The first kappa shape index (κ1) is 21.3. The molecule has 0 saturated carbocycles. The van der Waals surface area contributed by atoms with Gasteiger partial charge in [0.1, 0.15) is 11.9 Å². The van der Waals surface area contributed by atoms with Gasteiger partial charge in [-0.2, -0.15) is 0 Å². The minimum Gasteiger partial charge on any atom is -0.442 e. The van der Waals surface area contributed by atoms with E-state index >= 15 is 0 Å². The summed E-state index contributed by atoms with van der Waals surface area (Å²) >= 11 is 0. The van der Waals surface area contributed by atoms with Gasteiger partial charge in [-0.1, -0.05) is 0 Å². The van der Waals surface area contributed by atoms with Crippen molar-refractivity contribution in [3.8, 4) is 0 Å². The normalized spacial score (nSPS) is 27.3. The maximum absolute atomic E-state index is 14.9. The average Bonchev–Trinajstić information content (AvgIpc) is 3.01. The molecule has 29 heavy (non-hydrogen) atoms. The minimum atomic E-state index is -1.39. The standard InChI is InChI=1S/C20H28F2N4O3/c1-13-10-20(22,24(3)4)7-8-25(13)18-6-5-15(9-17(18)21)26-12-16(29-19(26)28)11-23-14(2)27/h5-6,9,13,16H,7-8,10-12H2,1-4H3,(H,23,27)/t13?,16-,20?/m0/s1. The molecule has 0 aromatic heterocycles. The third-order valence-corrected chi connectivity index (χ3v) is 5.68. The van der Waals surface area contributed by atoms with Crippen LogP contribution < -0.4 is 15.1 Å². The number of carbonyl (C=O) groups is 2. The molecule has 1 aromatic rings. The van der Waals surface area contributed by atoms with Crippen LogP contribution in [0.5, 0.6) is 0 Å². The Balaban J connectivity index is 1.71. The monoisotopic (exact) mass is 410 g/mol. The molecule has 2 amide bonds. The number of hydrogen-bond donors (Lipinski definition) is 1. The Morgan fingerprint density at radius 2 is 2.14 bits per heavy atom. The molecule has 0 bridgehead atoms. The van der Waals surface area contributed by atoms with Crippen molar-refractivity contribution in [3.05, 3.63) is 24.0 Å². The zero-order valence-electron chi connectivity index (χ0n) is 17.2. The van der Waals surface area contributed by atoms with Crippen LogP contribution in [0.4, 0.5) is 25.0 Å². The molecular weight excluding hydrogens is 382 g/mol. The maximum Gasteiger partial charge on any atom is 0.414 e. The fraction of sp³-hybridized carbons (Fsp3) is 0.600. The molecule has 2 aliphatic rings. The second kappa shape index (κ2) is 8.14. The Bertz CT molecular complexity index is 791. The SMILES string of the molecule is CC(=O)NC[C@H]1CN(c2ccc(N3CCC(F)(N(C)C)CC3C)c(F)c2)C(=O)O1. The van der Waals surface area contributed by atoms with E-state index in [1.165, 1.54) is 17.9 Å². The van der Waals surface area contributed by atoms with Gasteiger partial charge in [0.25, 0.3) is 0 Å². The molecule has 0 radical (unpaired) electrons. The van der Waals surface area contributed by atoms with E-state index in [1.54, 1.807) is 31.1 Å². The quantitative estimate of drug-likeness (QED) is 0.756. The van der Waals surface area contributed by atoms with E-state index in [4.69, 9.17) is 4.74 Å². The molecule has 2 unspecified atom stereocenters. The number of rotatable bonds is 5. The molecule has 160 valence electrons. The average molecular weight is 410 g/mol. The first-order valence-electron chi connectivity index (χ1n) is 9.76. The molecule has 2 aliphatic heterocycles. The third kappa shape index (κ3) is 4.44. The Morgan fingerprint density at radius 3 is 2.72 bits per heavy atom. The molecular formula is C20H28F2N4O3. The number of hydrogen-bond acceptors (Lipinski definition) is 5. The molecule has 0 aliphatic carbocycles. The van der Waals surface area contributed by atoms with Gasteiger partial charge in [-0.15, -0.1) is 0 Å². The van der Waals surface area contributed by atoms with Gasteiger partial charge in [0.05, 0.1) is 24.5 Å². The number of amides is 2. The van der Waals surface area contributed by atoms with Gasteiger partial charge in [-0.3, -0.25) is 14.6 Å². The van der Waals surface area contributed by atoms with Gasteiger partial charge < -0.3 is 15.0 Å². The number of alkyl halides is 1. The van der Waals surface area contributed by atoms with E-state index in [0.29, 0.717) is 17.9 Å². The van der Waals surface area contributed by atoms with E-state index < -0.39 is 23.8 Å². The first-order valence-corrected chi connectivity index (χ1v) is 9.76. The molecule has 2 heterocycles. The van der Waals surface area contributed by atoms with E-state index in [9.17, 15) is 18.4 Å². The van der Waals surface area contributed by atoms with Crippen molar-refractivity contribution in [2.24, 2.45) is 0 Å². The summed E-state index contributed by atoms with van der Waals surface area (Å²) in [5.41, 5.74) is 0.781. The summed E-state index contributed by atoms with van der Waals surface area (Å²) < 4.78 is 35.0. The number of halogens is 2. The topological polar surface area (TPSA) is 65.1 Å². The largest absolute Gasteiger partial charge is 0.442 e. The smallest absolute Gasteiger partial charge is 0.414 e. The molecule has 2 fully saturated rings. The third-order valence-electron chi connectivity index (χ3n) is 5.68. The Labute approximate surface area is 169 Å². The summed E-state index contributed by atoms with van der Waals surface area (Å²) in [5, 5.41) is 2.61. The zero-order valence-corrected chi connectivity index (χ0v) is 17.2. The first-order chi connectivity index (χ1) is 13.6. The van der Waals surface area contributed by atoms with Crippen molar-refractivity contribution >= 4 is 23.4 Å². The number of carbonyl (C=O) groups excluding carboxylic acids is 2. The number of cyclic esters (lactones) is 1. The summed E-state index contributed by atoms with van der Waals surface area (Å²) in [4.78, 5) is 27.9. The van der Waals surface area contributed by atoms with Crippen LogP contribution in [0.1, 0.15) is 26.7 Å². The number of nitrogens with one attached hydrogen (secondary N) is 1. The Hall–Kier alpha value is -2.42. The number of nitrogens with zero attached hydrogens (tertiary/aromatic N) is 3. The van der Waals surface area contributed by atoms with Crippen molar-refractivity contribution in [2.75, 3.05) is 43.5 Å². The van der Waals surface area contributed by atoms with Gasteiger partial charge in [0.15, 0.2) is 5.79 Å². The van der Waals surface area contributed by atoms with Gasteiger partial charge in [-0.25, -0.2) is 13.6 Å². The number of ether oxygens (including phenoxy) is 1. The minimum absolute atomic E-state index is 0.171. The summed E-state index contributed by atoms with van der Waals surface area (Å²) in [6.07, 6.45) is -0.494. The fourth-order valence-corrected chi connectivity index (χ4v) is 3.93. The Morgan fingerprint density at radius 1 is 1.41 bits per heavy atom. The number of piperidine rings is 1. The van der Waals surface area contributed by atoms with Crippen LogP contribution in [0.2, 0.25) is 0 Å². The van der Waals surface area contributed by atoms with Gasteiger partial charge in [-0.05, 0) is 39.2 Å².